The summed E-state index contributed by atoms with van der Waals surface area (Å²) in [6.07, 6.45) is 0.718. The number of likely N-dealkylation sites (N-methyl/N-ethyl adjacent to an activating group) is 1. The van der Waals surface area contributed by atoms with Crippen molar-refractivity contribution in [2.45, 2.75) is 26.3 Å². The van der Waals surface area contributed by atoms with Crippen LogP contribution < -0.4 is 5.32 Å². The fraction of sp³-hybridized carbons (Fsp3) is 0.385. The van der Waals surface area contributed by atoms with Gasteiger partial charge in [-0.15, -0.1) is 0 Å². The van der Waals surface area contributed by atoms with Crippen LogP contribution >= 0.6 is 27.5 Å². The minimum absolute atomic E-state index is 0.315. The summed E-state index contributed by atoms with van der Waals surface area (Å²) in [5, 5.41) is 7.96. The van der Waals surface area contributed by atoms with Crippen molar-refractivity contribution in [1.82, 2.24) is 15.5 Å². The summed E-state index contributed by atoms with van der Waals surface area (Å²) >= 11 is 9.34. The minimum atomic E-state index is 0.315. The number of rotatable bonds is 5. The zero-order valence-corrected chi connectivity index (χ0v) is 13.1. The van der Waals surface area contributed by atoms with Gasteiger partial charge in [-0.3, -0.25) is 0 Å². The third-order valence-corrected chi connectivity index (χ3v) is 3.89. The lowest BCUT2D eigenvalue weighted by molar-refractivity contribution is 0.363. The van der Waals surface area contributed by atoms with Crippen LogP contribution in [-0.4, -0.2) is 22.7 Å². The highest BCUT2D eigenvalue weighted by Gasteiger charge is 2.12. The summed E-state index contributed by atoms with van der Waals surface area (Å²) in [6, 6.07) is 5.87. The molecule has 6 heteroatoms. The summed E-state index contributed by atoms with van der Waals surface area (Å²) in [5.74, 6) is 1.21. The van der Waals surface area contributed by atoms with E-state index in [4.69, 9.17) is 16.1 Å². The van der Waals surface area contributed by atoms with Gasteiger partial charge in [0.1, 0.15) is 0 Å². The summed E-state index contributed by atoms with van der Waals surface area (Å²) in [7, 11) is 0. The molecule has 0 bridgehead atoms. The molecule has 0 spiro atoms. The number of aromatic nitrogens is 2. The SMILES string of the molecule is CCNC(C)Cc1nc(-c2ccc(Cl)c(Br)c2)no1. The zero-order valence-electron chi connectivity index (χ0n) is 10.8. The van der Waals surface area contributed by atoms with Gasteiger partial charge in [0.05, 0.1) is 5.02 Å². The molecule has 2 aromatic rings. The quantitative estimate of drug-likeness (QED) is 0.898. The molecule has 0 saturated carbocycles. The van der Waals surface area contributed by atoms with E-state index in [1.54, 1.807) is 6.07 Å². The zero-order chi connectivity index (χ0) is 13.8. The van der Waals surface area contributed by atoms with Gasteiger partial charge < -0.3 is 9.84 Å². The monoisotopic (exact) mass is 343 g/mol. The average Bonchev–Trinajstić information content (AvgIpc) is 2.81. The number of halogens is 2. The Morgan fingerprint density at radius 3 is 2.95 bits per heavy atom. The predicted molar refractivity (Wildman–Crippen MR) is 79.3 cm³/mol. The molecular weight excluding hydrogens is 330 g/mol. The standard InChI is InChI=1S/C13H15BrClN3O/c1-3-16-8(2)6-12-17-13(18-19-12)9-4-5-11(15)10(14)7-9/h4-5,7-8,16H,3,6H2,1-2H3. The van der Waals surface area contributed by atoms with E-state index < -0.39 is 0 Å². The Balaban J connectivity index is 2.14. The first kappa shape index (κ1) is 14.5. The van der Waals surface area contributed by atoms with Crippen LogP contribution in [0, 0.1) is 0 Å². The summed E-state index contributed by atoms with van der Waals surface area (Å²) in [5.41, 5.74) is 0.877. The van der Waals surface area contributed by atoms with Gasteiger partial charge in [0.15, 0.2) is 0 Å². The largest absolute Gasteiger partial charge is 0.339 e. The number of hydrogen-bond donors (Lipinski definition) is 1. The van der Waals surface area contributed by atoms with Crippen molar-refractivity contribution in [3.8, 4) is 11.4 Å². The second-order valence-electron chi connectivity index (χ2n) is 4.30. The first-order chi connectivity index (χ1) is 9.10. The van der Waals surface area contributed by atoms with Crippen molar-refractivity contribution in [3.63, 3.8) is 0 Å². The summed E-state index contributed by atoms with van der Waals surface area (Å²) in [6.45, 7) is 5.08. The Morgan fingerprint density at radius 1 is 1.47 bits per heavy atom. The van der Waals surface area contributed by atoms with Crippen LogP contribution in [0.15, 0.2) is 27.2 Å². The molecule has 1 unspecified atom stereocenters. The van der Waals surface area contributed by atoms with Gasteiger partial charge in [0.25, 0.3) is 0 Å². The van der Waals surface area contributed by atoms with E-state index in [-0.39, 0.29) is 0 Å². The van der Waals surface area contributed by atoms with Crippen molar-refractivity contribution >= 4 is 27.5 Å². The van der Waals surface area contributed by atoms with Crippen LogP contribution in [-0.2, 0) is 6.42 Å². The highest BCUT2D eigenvalue weighted by molar-refractivity contribution is 9.10. The van der Waals surface area contributed by atoms with Crippen molar-refractivity contribution in [3.05, 3.63) is 33.6 Å². The number of benzene rings is 1. The lowest BCUT2D eigenvalue weighted by Gasteiger charge is -2.07. The second-order valence-corrected chi connectivity index (χ2v) is 5.56. The van der Waals surface area contributed by atoms with E-state index in [0.29, 0.717) is 22.8 Å². The van der Waals surface area contributed by atoms with Gasteiger partial charge in [0.2, 0.25) is 11.7 Å². The Hall–Kier alpha value is -0.910. The van der Waals surface area contributed by atoms with Crippen molar-refractivity contribution < 1.29 is 4.52 Å². The van der Waals surface area contributed by atoms with Gasteiger partial charge in [-0.05, 0) is 47.6 Å². The summed E-state index contributed by atoms with van der Waals surface area (Å²) < 4.78 is 6.08. The van der Waals surface area contributed by atoms with E-state index >= 15 is 0 Å². The molecule has 0 saturated heterocycles. The molecule has 1 heterocycles. The molecule has 0 aliphatic carbocycles. The van der Waals surface area contributed by atoms with E-state index in [1.807, 2.05) is 12.1 Å². The fourth-order valence-corrected chi connectivity index (χ4v) is 2.27. The number of nitrogens with zero attached hydrogens (tertiary/aromatic N) is 2. The molecule has 1 N–H and O–H groups in total. The lowest BCUT2D eigenvalue weighted by Crippen LogP contribution is -2.27. The third kappa shape index (κ3) is 3.78. The average molecular weight is 345 g/mol. The van der Waals surface area contributed by atoms with Crippen LogP contribution in [0.5, 0.6) is 0 Å². The molecule has 1 aromatic heterocycles. The van der Waals surface area contributed by atoms with Crippen LogP contribution in [0.25, 0.3) is 11.4 Å². The molecule has 1 aromatic carbocycles. The van der Waals surface area contributed by atoms with Gasteiger partial charge >= 0.3 is 0 Å². The Kier molecular flexibility index (Phi) is 4.96. The van der Waals surface area contributed by atoms with Crippen molar-refractivity contribution in [2.24, 2.45) is 0 Å². The molecule has 0 fully saturated rings. The maximum absolute atomic E-state index is 5.96. The number of hydrogen-bond acceptors (Lipinski definition) is 4. The maximum atomic E-state index is 5.96. The molecule has 1 atom stereocenters. The first-order valence-electron chi connectivity index (χ1n) is 6.11. The predicted octanol–water partition coefficient (Wildman–Crippen LogP) is 3.69. The Bertz CT molecular complexity index is 559. The van der Waals surface area contributed by atoms with Crippen LogP contribution in [0.1, 0.15) is 19.7 Å². The highest BCUT2D eigenvalue weighted by atomic mass is 79.9. The molecule has 4 nitrogen and oxygen atoms in total. The van der Waals surface area contributed by atoms with Gasteiger partial charge in [-0.1, -0.05) is 23.7 Å². The molecular formula is C13H15BrClN3O. The molecule has 2 rings (SSSR count). The van der Waals surface area contributed by atoms with Crippen molar-refractivity contribution in [2.75, 3.05) is 6.54 Å². The van der Waals surface area contributed by atoms with E-state index in [2.05, 4.69) is 45.2 Å². The lowest BCUT2D eigenvalue weighted by atomic mass is 10.2. The van der Waals surface area contributed by atoms with Crippen LogP contribution in [0.4, 0.5) is 0 Å². The van der Waals surface area contributed by atoms with Crippen LogP contribution in [0.2, 0.25) is 5.02 Å². The molecule has 0 aliphatic heterocycles. The smallest absolute Gasteiger partial charge is 0.228 e. The molecule has 102 valence electrons. The normalized spacial score (nSPS) is 12.6. The van der Waals surface area contributed by atoms with E-state index in [1.165, 1.54) is 0 Å². The third-order valence-electron chi connectivity index (χ3n) is 2.68. The van der Waals surface area contributed by atoms with Crippen LogP contribution in [0.3, 0.4) is 0 Å². The molecule has 19 heavy (non-hydrogen) atoms. The highest BCUT2D eigenvalue weighted by Crippen LogP contribution is 2.27. The fourth-order valence-electron chi connectivity index (χ4n) is 1.77. The maximum Gasteiger partial charge on any atom is 0.228 e. The second kappa shape index (κ2) is 6.50. The van der Waals surface area contributed by atoms with Crippen molar-refractivity contribution in [1.29, 1.82) is 0 Å². The first-order valence-corrected chi connectivity index (χ1v) is 7.28. The van der Waals surface area contributed by atoms with Gasteiger partial charge in [-0.2, -0.15) is 4.98 Å². The summed E-state index contributed by atoms with van der Waals surface area (Å²) in [4.78, 5) is 4.39. The number of nitrogens with one attached hydrogen (secondary N) is 1. The topological polar surface area (TPSA) is 51.0 Å². The minimum Gasteiger partial charge on any atom is -0.339 e. The molecule has 0 amide bonds. The Morgan fingerprint density at radius 2 is 2.26 bits per heavy atom. The van der Waals surface area contributed by atoms with Gasteiger partial charge in [-0.25, -0.2) is 0 Å². The van der Waals surface area contributed by atoms with E-state index in [9.17, 15) is 0 Å². The van der Waals surface area contributed by atoms with Gasteiger partial charge in [0, 0.05) is 22.5 Å². The Labute approximate surface area is 125 Å². The molecule has 0 radical (unpaired) electrons. The van der Waals surface area contributed by atoms with E-state index in [0.717, 1.165) is 23.0 Å². The molecule has 0 aliphatic rings.